The van der Waals surface area contributed by atoms with Crippen LogP contribution in [-0.2, 0) is 0 Å². The summed E-state index contributed by atoms with van der Waals surface area (Å²) in [6, 6.07) is 0.792. The largest absolute Gasteiger partial charge is 0.346 e. The Hall–Kier alpha value is -1.50. The van der Waals surface area contributed by atoms with E-state index in [1.165, 1.54) is 0 Å². The lowest BCUT2D eigenvalue weighted by Crippen LogP contribution is -2.46. The third-order valence-corrected chi connectivity index (χ3v) is 3.14. The molecule has 7 nitrogen and oxygen atoms in total. The Morgan fingerprint density at radius 2 is 2.18 bits per heavy atom. The normalized spacial score (nSPS) is 18.5. The van der Waals surface area contributed by atoms with E-state index in [1.807, 2.05) is 0 Å². The number of aromatic nitrogens is 4. The second-order valence-electron chi connectivity index (χ2n) is 4.61. The molecule has 2 N–H and O–H groups in total. The number of nitrogens with one attached hydrogen (secondary N) is 2. The van der Waals surface area contributed by atoms with Crippen molar-refractivity contribution in [2.45, 2.75) is 38.8 Å². The smallest absolute Gasteiger partial charge is 0.293 e. The number of tetrazole rings is 1. The van der Waals surface area contributed by atoms with Crippen LogP contribution in [0.2, 0.25) is 0 Å². The van der Waals surface area contributed by atoms with E-state index in [2.05, 4.69) is 44.7 Å². The molecule has 1 saturated heterocycles. The lowest BCUT2D eigenvalue weighted by Gasteiger charge is -2.34. The van der Waals surface area contributed by atoms with Crippen LogP contribution in [0.1, 0.15) is 37.3 Å². The third-order valence-electron chi connectivity index (χ3n) is 3.14. The van der Waals surface area contributed by atoms with Crippen molar-refractivity contribution in [3.05, 3.63) is 5.82 Å². The molecule has 0 bridgehead atoms. The summed E-state index contributed by atoms with van der Waals surface area (Å²) >= 11 is 0. The summed E-state index contributed by atoms with van der Waals surface area (Å²) in [5.74, 6) is -0.141. The Bertz CT molecular complexity index is 355. The molecule has 0 unspecified atom stereocenters. The van der Waals surface area contributed by atoms with Crippen molar-refractivity contribution in [2.24, 2.45) is 0 Å². The van der Waals surface area contributed by atoms with Crippen molar-refractivity contribution in [1.82, 2.24) is 30.8 Å². The van der Waals surface area contributed by atoms with Gasteiger partial charge in [0, 0.05) is 25.2 Å². The predicted molar refractivity (Wildman–Crippen MR) is 61.4 cm³/mol. The summed E-state index contributed by atoms with van der Waals surface area (Å²) in [6.45, 7) is 6.43. The lowest BCUT2D eigenvalue weighted by atomic mass is 10.0. The molecule has 2 heterocycles. The average Bonchev–Trinajstić information content (AvgIpc) is 2.83. The summed E-state index contributed by atoms with van der Waals surface area (Å²) in [5.41, 5.74) is 0. The maximum absolute atomic E-state index is 11.7. The van der Waals surface area contributed by atoms with Gasteiger partial charge in [-0.3, -0.25) is 4.79 Å². The third kappa shape index (κ3) is 3.00. The second-order valence-corrected chi connectivity index (χ2v) is 4.61. The summed E-state index contributed by atoms with van der Waals surface area (Å²) in [6.07, 6.45) is 1.95. The standard InChI is InChI=1S/C10H18N6O/c1-7(2)16-5-3-8(4-6-16)11-10(17)9-12-14-15-13-9/h7-8H,3-6H2,1-2H3,(H,11,17)(H,12,13,14,15). The molecule has 1 amide bonds. The molecule has 2 rings (SSSR count). The van der Waals surface area contributed by atoms with E-state index in [-0.39, 0.29) is 17.8 Å². The highest BCUT2D eigenvalue weighted by Crippen LogP contribution is 2.13. The van der Waals surface area contributed by atoms with Gasteiger partial charge in [-0.15, -0.1) is 10.2 Å². The van der Waals surface area contributed by atoms with Crippen LogP contribution in [0.3, 0.4) is 0 Å². The van der Waals surface area contributed by atoms with Crippen LogP contribution in [-0.4, -0.2) is 56.6 Å². The fraction of sp³-hybridized carbons (Fsp3) is 0.800. The number of likely N-dealkylation sites (tertiary alicyclic amines) is 1. The first kappa shape index (κ1) is 12.0. The van der Waals surface area contributed by atoms with Crippen molar-refractivity contribution < 1.29 is 4.79 Å². The number of H-pyrrole nitrogens is 1. The van der Waals surface area contributed by atoms with Gasteiger partial charge in [-0.1, -0.05) is 0 Å². The van der Waals surface area contributed by atoms with E-state index in [9.17, 15) is 4.79 Å². The van der Waals surface area contributed by atoms with E-state index in [4.69, 9.17) is 0 Å². The Kier molecular flexibility index (Phi) is 3.68. The van der Waals surface area contributed by atoms with Crippen molar-refractivity contribution >= 4 is 5.91 Å². The number of piperidine rings is 1. The Morgan fingerprint density at radius 1 is 1.47 bits per heavy atom. The number of aromatic amines is 1. The van der Waals surface area contributed by atoms with Gasteiger partial charge in [-0.25, -0.2) is 0 Å². The van der Waals surface area contributed by atoms with Crippen LogP contribution in [0.5, 0.6) is 0 Å². The molecule has 0 aliphatic carbocycles. The highest BCUT2D eigenvalue weighted by atomic mass is 16.2. The van der Waals surface area contributed by atoms with E-state index in [1.54, 1.807) is 0 Å². The highest BCUT2D eigenvalue weighted by molar-refractivity contribution is 5.90. The topological polar surface area (TPSA) is 86.8 Å². The summed E-state index contributed by atoms with van der Waals surface area (Å²) < 4.78 is 0. The first-order chi connectivity index (χ1) is 8.16. The minimum atomic E-state index is -0.248. The van der Waals surface area contributed by atoms with E-state index >= 15 is 0 Å². The zero-order valence-electron chi connectivity index (χ0n) is 10.2. The van der Waals surface area contributed by atoms with Gasteiger partial charge in [0.1, 0.15) is 0 Å². The minimum Gasteiger partial charge on any atom is -0.346 e. The van der Waals surface area contributed by atoms with Crippen LogP contribution in [0.4, 0.5) is 0 Å². The Balaban J connectivity index is 1.80. The van der Waals surface area contributed by atoms with Gasteiger partial charge < -0.3 is 10.2 Å². The molecule has 94 valence electrons. The molecule has 1 aliphatic rings. The molecule has 1 aromatic heterocycles. The molecule has 1 fully saturated rings. The van der Waals surface area contributed by atoms with Crippen LogP contribution < -0.4 is 5.32 Å². The van der Waals surface area contributed by atoms with Gasteiger partial charge in [0.05, 0.1) is 0 Å². The van der Waals surface area contributed by atoms with Gasteiger partial charge in [0.25, 0.3) is 11.7 Å². The molecule has 7 heteroatoms. The number of carbonyl (C=O) groups excluding carboxylic acids is 1. The summed E-state index contributed by atoms with van der Waals surface area (Å²) in [7, 11) is 0. The molecular weight excluding hydrogens is 220 g/mol. The monoisotopic (exact) mass is 238 g/mol. The zero-order chi connectivity index (χ0) is 12.3. The number of hydrogen-bond donors (Lipinski definition) is 2. The Labute approximate surface area is 100.0 Å². The molecule has 0 spiro atoms. The van der Waals surface area contributed by atoms with Gasteiger partial charge in [0.15, 0.2) is 0 Å². The number of hydrogen-bond acceptors (Lipinski definition) is 5. The highest BCUT2D eigenvalue weighted by Gasteiger charge is 2.23. The number of nitrogens with zero attached hydrogens (tertiary/aromatic N) is 4. The zero-order valence-corrected chi connectivity index (χ0v) is 10.2. The molecule has 1 aromatic rings. The first-order valence-corrected chi connectivity index (χ1v) is 5.95. The fourth-order valence-corrected chi connectivity index (χ4v) is 2.07. The van der Waals surface area contributed by atoms with Gasteiger partial charge in [-0.2, -0.15) is 5.21 Å². The Morgan fingerprint density at radius 3 is 2.71 bits per heavy atom. The maximum atomic E-state index is 11.7. The van der Waals surface area contributed by atoms with Gasteiger partial charge in [-0.05, 0) is 31.9 Å². The lowest BCUT2D eigenvalue weighted by molar-refractivity contribution is 0.0890. The first-order valence-electron chi connectivity index (χ1n) is 5.95. The molecule has 0 aromatic carbocycles. The maximum Gasteiger partial charge on any atom is 0.293 e. The summed E-state index contributed by atoms with van der Waals surface area (Å²) in [5, 5.41) is 15.9. The second kappa shape index (κ2) is 5.22. The molecule has 1 aliphatic heterocycles. The number of amides is 1. The molecule has 0 saturated carbocycles. The quantitative estimate of drug-likeness (QED) is 0.761. The molecule has 17 heavy (non-hydrogen) atoms. The predicted octanol–water partition coefficient (Wildman–Crippen LogP) is -0.198. The van der Waals surface area contributed by atoms with Crippen LogP contribution in [0, 0.1) is 0 Å². The number of rotatable bonds is 3. The van der Waals surface area contributed by atoms with Gasteiger partial charge in [0.2, 0.25) is 0 Å². The fourth-order valence-electron chi connectivity index (χ4n) is 2.07. The van der Waals surface area contributed by atoms with E-state index in [0.29, 0.717) is 6.04 Å². The van der Waals surface area contributed by atoms with Crippen molar-refractivity contribution in [1.29, 1.82) is 0 Å². The van der Waals surface area contributed by atoms with E-state index in [0.717, 1.165) is 25.9 Å². The van der Waals surface area contributed by atoms with Crippen molar-refractivity contribution in [2.75, 3.05) is 13.1 Å². The molecule has 0 radical (unpaired) electrons. The van der Waals surface area contributed by atoms with Crippen LogP contribution in [0.25, 0.3) is 0 Å². The average molecular weight is 238 g/mol. The van der Waals surface area contributed by atoms with Crippen molar-refractivity contribution in [3.63, 3.8) is 0 Å². The van der Waals surface area contributed by atoms with Crippen LogP contribution >= 0.6 is 0 Å². The van der Waals surface area contributed by atoms with Crippen LogP contribution in [0.15, 0.2) is 0 Å². The van der Waals surface area contributed by atoms with Crippen molar-refractivity contribution in [3.8, 4) is 0 Å². The molecular formula is C10H18N6O. The minimum absolute atomic E-state index is 0.108. The SMILES string of the molecule is CC(C)N1CCC(NC(=O)c2nn[nH]n2)CC1. The van der Waals surface area contributed by atoms with Gasteiger partial charge >= 0.3 is 0 Å². The number of carbonyl (C=O) groups is 1. The summed E-state index contributed by atoms with van der Waals surface area (Å²) in [4.78, 5) is 14.1. The van der Waals surface area contributed by atoms with E-state index < -0.39 is 0 Å². The molecule has 0 atom stereocenters.